The molecule has 0 saturated carbocycles. The van der Waals surface area contributed by atoms with Gasteiger partial charge in [0.2, 0.25) is 35.4 Å². The maximum atomic E-state index is 13.3. The Balaban J connectivity index is 0.922. The number of aliphatic hydroxyl groups excluding tert-OH is 16. The quantitative estimate of drug-likeness (QED) is 0.0199. The Morgan fingerprint density at radius 3 is 1.12 bits per heavy atom. The Labute approximate surface area is 667 Å². The number of carbonyl (C=O) groups is 10. The van der Waals surface area contributed by atoms with Crippen LogP contribution in [0.4, 0.5) is 0 Å². The highest BCUT2D eigenvalue weighted by Gasteiger charge is 2.53. The molecule has 22 N–H and O–H groups in total. The normalized spacial score (nSPS) is 32.2. The van der Waals surface area contributed by atoms with E-state index < -0.39 is 266 Å². The second-order valence-electron chi connectivity index (χ2n) is 29.1. The predicted octanol–water partition coefficient (Wildman–Crippen LogP) is -12.3. The maximum absolute atomic E-state index is 13.3. The van der Waals surface area contributed by atoms with Gasteiger partial charge in [-0.25, -0.2) is 4.79 Å². The summed E-state index contributed by atoms with van der Waals surface area (Å²) >= 11 is 0. The van der Waals surface area contributed by atoms with Crippen molar-refractivity contribution in [3.8, 4) is 0 Å². The molecule has 6 saturated heterocycles. The van der Waals surface area contributed by atoms with Gasteiger partial charge in [-0.2, -0.15) is 0 Å². The first-order chi connectivity index (χ1) is 55.2. The first-order valence-electron chi connectivity index (χ1n) is 39.0. The lowest BCUT2D eigenvalue weighted by Crippen LogP contribution is -2.65. The highest BCUT2D eigenvalue weighted by Crippen LogP contribution is 2.32. The molecule has 116 heavy (non-hydrogen) atoms. The minimum absolute atomic E-state index is 0.0153. The van der Waals surface area contributed by atoms with E-state index in [2.05, 4.69) is 31.9 Å². The van der Waals surface area contributed by atoms with Crippen LogP contribution in [-0.2, 0) is 100 Å². The molecule has 25 atom stereocenters. The van der Waals surface area contributed by atoms with Crippen LogP contribution < -0.4 is 31.9 Å². The first-order valence-corrected chi connectivity index (χ1v) is 39.0. The molecule has 6 aliphatic heterocycles. The molecular formula is C70H119N9O37. The number of aliphatic hydroxyl groups is 16. The van der Waals surface area contributed by atoms with Crippen LogP contribution in [0.5, 0.6) is 0 Å². The van der Waals surface area contributed by atoms with Crippen molar-refractivity contribution < 1.29 is 182 Å². The van der Waals surface area contributed by atoms with Crippen molar-refractivity contribution in [2.45, 2.75) is 264 Å². The fourth-order valence-corrected chi connectivity index (χ4v) is 12.9. The van der Waals surface area contributed by atoms with Crippen LogP contribution in [0.1, 0.15) is 110 Å². The second kappa shape index (κ2) is 50.9. The molecule has 0 bridgehead atoms. The van der Waals surface area contributed by atoms with E-state index in [1.807, 2.05) is 0 Å². The standard InChI is InChI=1S/C70H119N9O37/c1-36-51(92)56(97)60(101)66(110-36)107-25-22-75-46(87)31-78(32-47(88)76-23-26-108-67-61(102)57(98)52(93)37(2)111-67)30-45(86)74-21-11-5-10-20-73-44(85)29-77(28-43(84)72-19-9-4-7-15-50(91)116-79-48(89)16-17-49(79)90)27-42(83)71-18-8-3-6-13-38(82)14-12-24-106-69-64(105)65(115-70-63(104)59(100)54(95)40(34-81)113-70)55(96)41(114-69)35-109-68-62(103)58(99)53(94)39(33-80)112-68/h36-37,39-41,51-70,80-81,92-105H,3-35H2,1-2H3,(H,71,83)(H,72,84)(H,73,85)(H,74,86)(H,75,87)(H,76,88)/t36-,37-,39+,40+,41+,51+,52+,53+,54+,55+,56-,57+,58-,59-,60-,61-,62-,63-,64-,65-,66+,67+,68-,69-,70+/m0/s1. The number of rotatable bonds is 51. The number of ketones is 1. The molecule has 0 spiro atoms. The number of amides is 8. The zero-order chi connectivity index (χ0) is 85.3. The number of unbranched alkanes of at least 4 members (excludes halogenated alkanes) is 6. The first kappa shape index (κ1) is 98.8. The SMILES string of the molecule is C[C@@H]1O[C@@H](OCCNC(=O)CN(CC(=O)NCCCCCNC(=O)CN(CC(=O)NCCCCCC(=O)CCCO[C@H]2O[C@H](CO[C@H]3O[C@H](CO)[C@@H](O)[C@H](O)[C@@H]3O)[C@@H](O)[C@H](O[C@H]3O[C@H](CO)[C@@H](O)[C@H](O)[C@@H]3O)[C@@H]2O)CC(=O)NCCCCCC(=O)ON2C(=O)CCC2=O)CC(=O)NCCO[C@@H]2O[C@@H](C)[C@@H](O)[C@@H](O)[C@@H]2O)[C@@H](O)[C@@H](O)[C@@H]1O. The molecule has 8 amide bonds. The largest absolute Gasteiger partial charge is 0.394 e. The Bertz CT molecular complexity index is 2980. The van der Waals surface area contributed by atoms with Crippen LogP contribution in [0.3, 0.4) is 0 Å². The third-order valence-electron chi connectivity index (χ3n) is 19.7. The Hall–Kier alpha value is -6.02. The lowest BCUT2D eigenvalue weighted by Gasteiger charge is -2.46. The molecule has 0 aromatic carbocycles. The lowest BCUT2D eigenvalue weighted by molar-refractivity contribution is -0.366. The lowest BCUT2D eigenvalue weighted by atomic mass is 9.96. The van der Waals surface area contributed by atoms with Gasteiger partial charge in [-0.1, -0.05) is 12.8 Å². The number of Topliss-reactive ketones (excluding diaryl/α,β-unsaturated/α-hetero) is 1. The van der Waals surface area contributed by atoms with Crippen LogP contribution in [0.15, 0.2) is 0 Å². The van der Waals surface area contributed by atoms with Crippen molar-refractivity contribution in [2.24, 2.45) is 0 Å². The van der Waals surface area contributed by atoms with Crippen LogP contribution in [0, 0.1) is 0 Å². The van der Waals surface area contributed by atoms with Gasteiger partial charge in [0.25, 0.3) is 11.8 Å². The van der Waals surface area contributed by atoms with E-state index in [1.165, 1.54) is 23.6 Å². The smallest absolute Gasteiger partial charge is 0.333 e. The van der Waals surface area contributed by atoms with E-state index in [9.17, 15) is 130 Å². The molecule has 0 aromatic heterocycles. The van der Waals surface area contributed by atoms with Crippen molar-refractivity contribution >= 4 is 59.0 Å². The Morgan fingerprint density at radius 2 is 0.698 bits per heavy atom. The number of carbonyl (C=O) groups excluding carboxylic acids is 10. The van der Waals surface area contributed by atoms with Gasteiger partial charge in [-0.05, 0) is 65.2 Å². The molecule has 46 heteroatoms. The van der Waals surface area contributed by atoms with E-state index in [1.54, 1.807) is 0 Å². The number of nitrogens with one attached hydrogen (secondary N) is 6. The molecule has 0 aliphatic carbocycles. The summed E-state index contributed by atoms with van der Waals surface area (Å²) in [6.07, 6.45) is -35.8. The van der Waals surface area contributed by atoms with Crippen molar-refractivity contribution in [1.29, 1.82) is 0 Å². The number of hydroxylamine groups is 2. The van der Waals surface area contributed by atoms with Gasteiger partial charge >= 0.3 is 5.97 Å². The maximum Gasteiger partial charge on any atom is 0.333 e. The number of imide groups is 1. The minimum atomic E-state index is -1.97. The van der Waals surface area contributed by atoms with Gasteiger partial charge in [0, 0.05) is 71.4 Å². The molecule has 6 fully saturated rings. The topological polar surface area (TPSA) is 678 Å². The summed E-state index contributed by atoms with van der Waals surface area (Å²) in [5.41, 5.74) is 0. The number of hydrogen-bond acceptors (Lipinski definition) is 39. The average molecular weight is 1680 g/mol. The zero-order valence-corrected chi connectivity index (χ0v) is 64.8. The van der Waals surface area contributed by atoms with Crippen LogP contribution >= 0.6 is 0 Å². The van der Waals surface area contributed by atoms with Crippen molar-refractivity contribution in [3.63, 3.8) is 0 Å². The summed E-state index contributed by atoms with van der Waals surface area (Å²) in [7, 11) is 0. The number of nitrogens with zero attached hydrogens (tertiary/aromatic N) is 3. The summed E-state index contributed by atoms with van der Waals surface area (Å²) in [6.45, 7) is -2.25. The van der Waals surface area contributed by atoms with E-state index in [0.717, 1.165) is 0 Å². The van der Waals surface area contributed by atoms with Gasteiger partial charge in [-0.3, -0.25) is 53.0 Å². The molecule has 6 aliphatic rings. The molecule has 0 radical (unpaired) electrons. The summed E-state index contributed by atoms with van der Waals surface area (Å²) in [6, 6.07) is 0. The van der Waals surface area contributed by atoms with Gasteiger partial charge < -0.3 is 166 Å². The third kappa shape index (κ3) is 31.8. The Kier molecular flexibility index (Phi) is 43.4. The fourth-order valence-electron chi connectivity index (χ4n) is 12.9. The van der Waals surface area contributed by atoms with E-state index in [0.29, 0.717) is 62.9 Å². The highest BCUT2D eigenvalue weighted by molar-refractivity contribution is 6.01. The summed E-state index contributed by atoms with van der Waals surface area (Å²) < 4.78 is 55.4. The molecule has 6 rings (SSSR count). The molecule has 666 valence electrons. The van der Waals surface area contributed by atoms with E-state index in [-0.39, 0.29) is 103 Å². The van der Waals surface area contributed by atoms with Crippen LogP contribution in [-0.4, -0.2) is 427 Å². The molecule has 0 aromatic rings. The average Bonchev–Trinajstić information content (AvgIpc) is 0.845. The van der Waals surface area contributed by atoms with E-state index in [4.69, 9.17) is 52.2 Å². The van der Waals surface area contributed by atoms with Gasteiger partial charge in [0.05, 0.1) is 91.1 Å². The zero-order valence-electron chi connectivity index (χ0n) is 64.8. The second-order valence-corrected chi connectivity index (χ2v) is 29.1. The summed E-state index contributed by atoms with van der Waals surface area (Å²) in [4.78, 5) is 136. The molecule has 6 heterocycles. The summed E-state index contributed by atoms with van der Waals surface area (Å²) in [5, 5.41) is 182. The molecule has 46 nitrogen and oxygen atoms in total. The highest BCUT2D eigenvalue weighted by atomic mass is 16.8. The van der Waals surface area contributed by atoms with Crippen molar-refractivity contribution in [3.05, 3.63) is 0 Å². The number of ether oxygens (including phenoxy) is 10. The van der Waals surface area contributed by atoms with Gasteiger partial charge in [0.1, 0.15) is 116 Å². The summed E-state index contributed by atoms with van der Waals surface area (Å²) in [5.74, 6) is -5.64. The van der Waals surface area contributed by atoms with Crippen LogP contribution in [0.2, 0.25) is 0 Å². The monoisotopic (exact) mass is 1680 g/mol. The Morgan fingerprint density at radius 1 is 0.362 bits per heavy atom. The minimum Gasteiger partial charge on any atom is -0.394 e. The van der Waals surface area contributed by atoms with Gasteiger partial charge in [-0.15, -0.1) is 5.06 Å². The van der Waals surface area contributed by atoms with Crippen LogP contribution in [0.25, 0.3) is 0 Å². The predicted molar refractivity (Wildman–Crippen MR) is 385 cm³/mol. The van der Waals surface area contributed by atoms with E-state index >= 15 is 0 Å². The third-order valence-corrected chi connectivity index (χ3v) is 19.7. The molecular weight excluding hydrogens is 1560 g/mol. The fraction of sp³-hybridized carbons (Fsp3) is 0.857. The number of hydrogen-bond donors (Lipinski definition) is 22. The molecule has 0 unspecified atom stereocenters. The van der Waals surface area contributed by atoms with Crippen molar-refractivity contribution in [2.75, 3.05) is 118 Å². The van der Waals surface area contributed by atoms with Gasteiger partial charge in [0.15, 0.2) is 31.5 Å². The van der Waals surface area contributed by atoms with Crippen molar-refractivity contribution in [1.82, 2.24) is 46.8 Å².